The van der Waals surface area contributed by atoms with Gasteiger partial charge in [-0.15, -0.1) is 12.4 Å². The predicted molar refractivity (Wildman–Crippen MR) is 108 cm³/mol. The highest BCUT2D eigenvalue weighted by atomic mass is 35.5. The van der Waals surface area contributed by atoms with Crippen LogP contribution in [0, 0.1) is 5.92 Å². The maximum Gasteiger partial charge on any atom is 0.243 e. The molecule has 1 fully saturated rings. The van der Waals surface area contributed by atoms with Crippen LogP contribution in [0.2, 0.25) is 0 Å². The Balaban J connectivity index is 0.00000392. The number of hydrogen-bond acceptors (Lipinski definition) is 6. The van der Waals surface area contributed by atoms with Crippen molar-refractivity contribution in [1.82, 2.24) is 10.0 Å². The van der Waals surface area contributed by atoms with Crippen molar-refractivity contribution in [3.63, 3.8) is 0 Å². The Morgan fingerprint density at radius 2 is 1.93 bits per heavy atom. The first-order valence-corrected chi connectivity index (χ1v) is 10.2. The summed E-state index contributed by atoms with van der Waals surface area (Å²) in [5, 5.41) is 5.01. The van der Waals surface area contributed by atoms with Crippen molar-refractivity contribution in [3.05, 3.63) is 18.2 Å². The number of methoxy groups -OCH3 is 1. The topological polar surface area (TPSA) is 140 Å². The fraction of sp³-hybridized carbons (Fsp3) is 0.529. The number of hydrogen-bond donors (Lipinski definition) is 4. The van der Waals surface area contributed by atoms with Gasteiger partial charge in [0.15, 0.2) is 0 Å². The number of benzene rings is 1. The molecule has 1 aromatic rings. The van der Waals surface area contributed by atoms with Gasteiger partial charge in [0.25, 0.3) is 0 Å². The number of rotatable bonds is 9. The Kier molecular flexibility index (Phi) is 8.68. The zero-order valence-electron chi connectivity index (χ0n) is 16.0. The summed E-state index contributed by atoms with van der Waals surface area (Å²) < 4.78 is 32.4. The molecule has 2 rings (SSSR count). The third-order valence-corrected chi connectivity index (χ3v) is 5.62. The zero-order valence-corrected chi connectivity index (χ0v) is 17.7. The molecule has 1 saturated carbocycles. The highest BCUT2D eigenvalue weighted by molar-refractivity contribution is 7.89. The van der Waals surface area contributed by atoms with E-state index in [-0.39, 0.29) is 41.5 Å². The number of halogens is 1. The largest absolute Gasteiger partial charge is 0.495 e. The fourth-order valence-corrected chi connectivity index (χ4v) is 3.55. The lowest BCUT2D eigenvalue weighted by molar-refractivity contribution is -0.125. The van der Waals surface area contributed by atoms with Gasteiger partial charge in [-0.3, -0.25) is 9.59 Å². The molecule has 28 heavy (non-hydrogen) atoms. The van der Waals surface area contributed by atoms with Crippen molar-refractivity contribution in [2.75, 3.05) is 19.0 Å². The van der Waals surface area contributed by atoms with E-state index >= 15 is 0 Å². The van der Waals surface area contributed by atoms with Gasteiger partial charge in [-0.25, -0.2) is 13.1 Å². The van der Waals surface area contributed by atoms with Gasteiger partial charge in [0.1, 0.15) is 5.75 Å². The van der Waals surface area contributed by atoms with Gasteiger partial charge < -0.3 is 21.1 Å². The highest BCUT2D eigenvalue weighted by Crippen LogP contribution is 2.29. The van der Waals surface area contributed by atoms with Gasteiger partial charge in [-0.05, 0) is 37.0 Å². The van der Waals surface area contributed by atoms with Crippen LogP contribution in [-0.2, 0) is 19.6 Å². The van der Waals surface area contributed by atoms with E-state index in [0.717, 1.165) is 12.8 Å². The van der Waals surface area contributed by atoms with Crippen molar-refractivity contribution in [2.45, 2.75) is 43.7 Å². The zero-order chi connectivity index (χ0) is 20.2. The van der Waals surface area contributed by atoms with E-state index in [1.165, 1.54) is 25.3 Å². The minimum absolute atomic E-state index is 0. The molecule has 11 heteroatoms. The minimum Gasteiger partial charge on any atom is -0.495 e. The van der Waals surface area contributed by atoms with E-state index in [9.17, 15) is 18.0 Å². The minimum atomic E-state index is -3.67. The van der Waals surface area contributed by atoms with Crippen molar-refractivity contribution < 1.29 is 22.7 Å². The van der Waals surface area contributed by atoms with Crippen LogP contribution in [0.3, 0.4) is 0 Å². The van der Waals surface area contributed by atoms with Crippen LogP contribution in [0.5, 0.6) is 5.75 Å². The van der Waals surface area contributed by atoms with Crippen LogP contribution >= 0.6 is 12.4 Å². The molecule has 0 aliphatic heterocycles. The number of carbonyl (C=O) groups excluding carboxylic acids is 2. The third kappa shape index (κ3) is 6.62. The number of anilines is 1. The first-order valence-electron chi connectivity index (χ1n) is 8.67. The van der Waals surface area contributed by atoms with Gasteiger partial charge >= 0.3 is 0 Å². The Bertz CT molecular complexity index is 812. The summed E-state index contributed by atoms with van der Waals surface area (Å²) in [5.41, 5.74) is 5.92. The van der Waals surface area contributed by atoms with Gasteiger partial charge in [0.05, 0.1) is 30.3 Å². The molecule has 1 aliphatic rings. The predicted octanol–water partition coefficient (Wildman–Crippen LogP) is 0.596. The Hall–Kier alpha value is -1.88. The monoisotopic (exact) mass is 434 g/mol. The van der Waals surface area contributed by atoms with Crippen LogP contribution in [0.1, 0.15) is 26.7 Å². The molecule has 0 radical (unpaired) electrons. The first kappa shape index (κ1) is 24.2. The molecule has 1 aromatic carbocycles. The average molecular weight is 435 g/mol. The van der Waals surface area contributed by atoms with Gasteiger partial charge in [-0.2, -0.15) is 0 Å². The van der Waals surface area contributed by atoms with Crippen molar-refractivity contribution >= 4 is 39.9 Å². The molecule has 0 unspecified atom stereocenters. The molecule has 0 aromatic heterocycles. The summed E-state index contributed by atoms with van der Waals surface area (Å²) in [6, 6.07) is 3.45. The van der Waals surface area contributed by atoms with Crippen molar-refractivity contribution in [1.29, 1.82) is 0 Å². The van der Waals surface area contributed by atoms with E-state index in [2.05, 4.69) is 15.4 Å². The maximum absolute atomic E-state index is 12.3. The lowest BCUT2D eigenvalue weighted by atomic mass is 10.1. The summed E-state index contributed by atoms with van der Waals surface area (Å²) >= 11 is 0. The maximum atomic E-state index is 12.3. The lowest BCUT2D eigenvalue weighted by Crippen LogP contribution is -2.46. The van der Waals surface area contributed by atoms with E-state index in [1.54, 1.807) is 13.8 Å². The van der Waals surface area contributed by atoms with Crippen LogP contribution in [0.25, 0.3) is 0 Å². The molecule has 0 heterocycles. The van der Waals surface area contributed by atoms with E-state index in [0.29, 0.717) is 5.75 Å². The summed E-state index contributed by atoms with van der Waals surface area (Å²) in [6.07, 6.45) is 1.63. The van der Waals surface area contributed by atoms with Crippen LogP contribution < -0.4 is 25.8 Å². The number of amides is 2. The second-order valence-electron chi connectivity index (χ2n) is 6.79. The third-order valence-electron chi connectivity index (χ3n) is 4.10. The molecule has 2 amide bonds. The molecule has 0 bridgehead atoms. The molecule has 0 saturated heterocycles. The Morgan fingerprint density at radius 1 is 1.29 bits per heavy atom. The number of ether oxygens (including phenoxy) is 1. The molecule has 9 nitrogen and oxygen atoms in total. The van der Waals surface area contributed by atoms with Crippen molar-refractivity contribution in [3.8, 4) is 5.75 Å². The lowest BCUT2D eigenvalue weighted by Gasteiger charge is -2.16. The van der Waals surface area contributed by atoms with E-state index in [1.807, 2.05) is 0 Å². The standard InChI is InChI=1S/C17H26N4O5S.ClH/c1-10(2)16(18)17(23)19-9-15(22)20-13-8-12(6-7-14(13)26-3)27(24,25)21-11-4-5-11;/h6-8,10-11,16,21H,4-5,9,18H2,1-3H3,(H,19,23)(H,20,22);1H/t16-;/m0./s1. The highest BCUT2D eigenvalue weighted by Gasteiger charge is 2.28. The summed E-state index contributed by atoms with van der Waals surface area (Å²) in [4.78, 5) is 24.0. The van der Waals surface area contributed by atoms with E-state index in [4.69, 9.17) is 10.5 Å². The number of nitrogens with two attached hydrogens (primary N) is 1. The Labute approximate surface area is 171 Å². The van der Waals surface area contributed by atoms with Gasteiger partial charge in [0.2, 0.25) is 21.8 Å². The first-order chi connectivity index (χ1) is 12.6. The van der Waals surface area contributed by atoms with Crippen LogP contribution in [-0.4, -0.2) is 46.0 Å². The molecule has 5 N–H and O–H groups in total. The quantitative estimate of drug-likeness (QED) is 0.448. The SMILES string of the molecule is COc1ccc(S(=O)(=O)NC2CC2)cc1NC(=O)CNC(=O)[C@@H](N)C(C)C.Cl. The molecule has 158 valence electrons. The molecule has 1 aliphatic carbocycles. The average Bonchev–Trinajstić information content (AvgIpc) is 3.42. The molecular formula is C17H27ClN4O5S. The van der Waals surface area contributed by atoms with E-state index < -0.39 is 27.9 Å². The van der Waals surface area contributed by atoms with Crippen LogP contribution in [0.4, 0.5) is 5.69 Å². The second-order valence-corrected chi connectivity index (χ2v) is 8.51. The van der Waals surface area contributed by atoms with Gasteiger partial charge in [-0.1, -0.05) is 13.8 Å². The van der Waals surface area contributed by atoms with Gasteiger partial charge in [0, 0.05) is 6.04 Å². The molecular weight excluding hydrogens is 408 g/mol. The summed E-state index contributed by atoms with van der Waals surface area (Å²) in [6.45, 7) is 3.31. The normalized spacial score (nSPS) is 14.8. The Morgan fingerprint density at radius 3 is 2.46 bits per heavy atom. The van der Waals surface area contributed by atoms with Crippen LogP contribution in [0.15, 0.2) is 23.1 Å². The molecule has 1 atom stereocenters. The fourth-order valence-electron chi connectivity index (χ4n) is 2.22. The summed E-state index contributed by atoms with van der Waals surface area (Å²) in [5.74, 6) is -0.715. The number of sulfonamides is 1. The number of nitrogens with one attached hydrogen (secondary N) is 3. The number of carbonyl (C=O) groups is 2. The smallest absolute Gasteiger partial charge is 0.243 e. The second kappa shape index (κ2) is 10.1. The summed E-state index contributed by atoms with van der Waals surface area (Å²) in [7, 11) is -2.26. The molecule has 0 spiro atoms. The van der Waals surface area contributed by atoms with Crippen molar-refractivity contribution in [2.24, 2.45) is 11.7 Å².